The van der Waals surface area contributed by atoms with Crippen molar-refractivity contribution >= 4 is 41.0 Å². The maximum absolute atomic E-state index is 14.0. The molecule has 2 rings (SSSR count). The Kier molecular flexibility index (Phi) is 6.10. The molecule has 1 aliphatic heterocycles. The van der Waals surface area contributed by atoms with Crippen molar-refractivity contribution in [3.8, 4) is 0 Å². The van der Waals surface area contributed by atoms with Crippen LogP contribution < -0.4 is 15.1 Å². The van der Waals surface area contributed by atoms with E-state index in [0.29, 0.717) is 6.54 Å². The second-order valence-electron chi connectivity index (χ2n) is 5.76. The van der Waals surface area contributed by atoms with E-state index in [4.69, 9.17) is 12.2 Å². The Bertz CT molecular complexity index is 678. The van der Waals surface area contributed by atoms with E-state index in [1.807, 2.05) is 14.1 Å². The number of thiocarbonyl (C=S) groups is 1. The lowest BCUT2D eigenvalue weighted by molar-refractivity contribution is -0.858. The van der Waals surface area contributed by atoms with Crippen LogP contribution in [-0.2, 0) is 9.59 Å². The van der Waals surface area contributed by atoms with Crippen LogP contribution in [0.2, 0.25) is 0 Å². The first-order chi connectivity index (χ1) is 11.4. The molecule has 6 nitrogen and oxygen atoms in total. The minimum absolute atomic E-state index is 0.0158. The van der Waals surface area contributed by atoms with Gasteiger partial charge in [-0.15, -0.1) is 0 Å². The van der Waals surface area contributed by atoms with Crippen LogP contribution in [0.25, 0.3) is 0 Å². The Labute approximate surface area is 145 Å². The van der Waals surface area contributed by atoms with Crippen LogP contribution in [0.3, 0.4) is 0 Å². The Morgan fingerprint density at radius 2 is 2.08 bits per heavy atom. The fraction of sp³-hybridized carbons (Fsp3) is 0.375. The number of para-hydroxylation sites is 1. The number of hydrogen-bond acceptors (Lipinski definition) is 4. The lowest BCUT2D eigenvalue weighted by Gasteiger charge is -2.31. The number of carbonyl (C=O) groups excluding carboxylic acids is 2. The second kappa shape index (κ2) is 8.07. The van der Waals surface area contributed by atoms with Gasteiger partial charge >= 0.3 is 0 Å². The van der Waals surface area contributed by atoms with Gasteiger partial charge in [-0.1, -0.05) is 12.1 Å². The molecule has 1 aromatic rings. The van der Waals surface area contributed by atoms with Crippen molar-refractivity contribution in [3.63, 3.8) is 0 Å². The molecule has 24 heavy (non-hydrogen) atoms. The number of halogens is 1. The largest absolute Gasteiger partial charge is 0.340 e. The third-order valence-corrected chi connectivity index (χ3v) is 3.80. The summed E-state index contributed by atoms with van der Waals surface area (Å²) < 4.78 is 14.0. The van der Waals surface area contributed by atoms with Gasteiger partial charge in [-0.25, -0.2) is 4.39 Å². The molecule has 128 valence electrons. The minimum atomic E-state index is -1.11. The van der Waals surface area contributed by atoms with E-state index in [-0.39, 0.29) is 10.8 Å². The van der Waals surface area contributed by atoms with E-state index < -0.39 is 23.5 Å². The molecule has 1 saturated heterocycles. The zero-order valence-electron chi connectivity index (χ0n) is 13.6. The quantitative estimate of drug-likeness (QED) is 0.323. The minimum Gasteiger partial charge on any atom is -0.340 e. The van der Waals surface area contributed by atoms with E-state index in [1.54, 1.807) is 6.07 Å². The van der Waals surface area contributed by atoms with Crippen LogP contribution in [0.4, 0.5) is 10.1 Å². The Balaban J connectivity index is 2.14. The number of amides is 2. The SMILES string of the molecule is C[NH+](C)CCCN=CC1C(=O)NC(=S)N(c2ccccc2F)C1=O. The van der Waals surface area contributed by atoms with Gasteiger partial charge in [0, 0.05) is 19.2 Å². The zero-order chi connectivity index (χ0) is 17.7. The normalized spacial score (nSPS) is 18.6. The van der Waals surface area contributed by atoms with Crippen LogP contribution in [-0.4, -0.2) is 50.3 Å². The van der Waals surface area contributed by atoms with Crippen LogP contribution in [0.15, 0.2) is 29.3 Å². The van der Waals surface area contributed by atoms with Crippen molar-refractivity contribution in [1.29, 1.82) is 0 Å². The van der Waals surface area contributed by atoms with Crippen LogP contribution in [0, 0.1) is 11.7 Å². The summed E-state index contributed by atoms with van der Waals surface area (Å²) in [6.45, 7) is 1.46. The van der Waals surface area contributed by atoms with Crippen LogP contribution >= 0.6 is 12.2 Å². The van der Waals surface area contributed by atoms with Gasteiger partial charge in [0.05, 0.1) is 26.3 Å². The zero-order valence-corrected chi connectivity index (χ0v) is 14.4. The molecule has 0 bridgehead atoms. The van der Waals surface area contributed by atoms with E-state index in [1.165, 1.54) is 29.3 Å². The molecule has 2 N–H and O–H groups in total. The smallest absolute Gasteiger partial charge is 0.251 e. The van der Waals surface area contributed by atoms with Gasteiger partial charge in [0.2, 0.25) is 5.91 Å². The predicted octanol–water partition coefficient (Wildman–Crippen LogP) is -0.205. The molecular formula is C16H20FN4O2S+. The fourth-order valence-electron chi connectivity index (χ4n) is 2.29. The van der Waals surface area contributed by atoms with Gasteiger partial charge in [-0.3, -0.25) is 19.5 Å². The molecule has 0 aliphatic carbocycles. The third kappa shape index (κ3) is 4.21. The monoisotopic (exact) mass is 351 g/mol. The molecule has 0 saturated carbocycles. The van der Waals surface area contributed by atoms with Crippen LogP contribution in [0.5, 0.6) is 0 Å². The molecule has 1 heterocycles. The average Bonchev–Trinajstić information content (AvgIpc) is 2.51. The lowest BCUT2D eigenvalue weighted by Crippen LogP contribution is -3.05. The highest BCUT2D eigenvalue weighted by Crippen LogP contribution is 2.23. The molecule has 1 fully saturated rings. The summed E-state index contributed by atoms with van der Waals surface area (Å²) in [6.07, 6.45) is 2.16. The first kappa shape index (κ1) is 18.2. The van der Waals surface area contributed by atoms with Gasteiger partial charge < -0.3 is 10.2 Å². The summed E-state index contributed by atoms with van der Waals surface area (Å²) in [4.78, 5) is 31.1. The first-order valence-corrected chi connectivity index (χ1v) is 8.05. The topological polar surface area (TPSA) is 66.2 Å². The summed E-state index contributed by atoms with van der Waals surface area (Å²) in [6, 6.07) is 5.78. The molecule has 0 radical (unpaired) electrons. The molecule has 1 aliphatic rings. The van der Waals surface area contributed by atoms with Gasteiger partial charge in [-0.05, 0) is 24.4 Å². The number of benzene rings is 1. The van der Waals surface area contributed by atoms with Gasteiger partial charge in [0.15, 0.2) is 11.0 Å². The van der Waals surface area contributed by atoms with Crippen molar-refractivity contribution < 1.29 is 18.9 Å². The molecule has 1 atom stereocenters. The van der Waals surface area contributed by atoms with Crippen LogP contribution in [0.1, 0.15) is 6.42 Å². The number of quaternary nitrogens is 1. The number of rotatable bonds is 6. The Morgan fingerprint density at radius 1 is 1.38 bits per heavy atom. The number of anilines is 1. The van der Waals surface area contributed by atoms with Crippen molar-refractivity contribution in [2.75, 3.05) is 32.1 Å². The number of nitrogens with zero attached hydrogens (tertiary/aromatic N) is 2. The molecule has 0 spiro atoms. The lowest BCUT2D eigenvalue weighted by atomic mass is 10.1. The van der Waals surface area contributed by atoms with Crippen molar-refractivity contribution in [3.05, 3.63) is 30.1 Å². The maximum atomic E-state index is 14.0. The average molecular weight is 351 g/mol. The Hall–Kier alpha value is -2.19. The number of nitrogens with one attached hydrogen (secondary N) is 2. The Morgan fingerprint density at radius 3 is 2.75 bits per heavy atom. The van der Waals surface area contributed by atoms with E-state index in [9.17, 15) is 14.0 Å². The van der Waals surface area contributed by atoms with E-state index >= 15 is 0 Å². The predicted molar refractivity (Wildman–Crippen MR) is 93.8 cm³/mol. The van der Waals surface area contributed by atoms with E-state index in [2.05, 4.69) is 10.3 Å². The highest BCUT2D eigenvalue weighted by Gasteiger charge is 2.39. The standard InChI is InChI=1S/C16H19FN4O2S/c1-20(2)9-5-8-18-10-11-14(22)19-16(24)21(15(11)23)13-7-4-3-6-12(13)17/h3-4,6-7,10-11H,5,8-9H2,1-2H3,(H,19,22,24)/p+1. The van der Waals surface area contributed by atoms with E-state index in [0.717, 1.165) is 17.9 Å². The number of carbonyl (C=O) groups is 2. The van der Waals surface area contributed by atoms with Crippen molar-refractivity contribution in [1.82, 2.24) is 5.32 Å². The fourth-order valence-corrected chi connectivity index (χ4v) is 2.58. The molecule has 1 aromatic carbocycles. The number of aliphatic imine (C=N–C) groups is 1. The second-order valence-corrected chi connectivity index (χ2v) is 6.15. The summed E-state index contributed by atoms with van der Waals surface area (Å²) in [5.74, 6) is -2.84. The first-order valence-electron chi connectivity index (χ1n) is 7.64. The highest BCUT2D eigenvalue weighted by atomic mass is 32.1. The molecule has 0 aromatic heterocycles. The summed E-state index contributed by atoms with van der Waals surface area (Å²) in [7, 11) is 4.07. The summed E-state index contributed by atoms with van der Waals surface area (Å²) in [5.41, 5.74) is 0.0158. The highest BCUT2D eigenvalue weighted by molar-refractivity contribution is 7.80. The third-order valence-electron chi connectivity index (χ3n) is 3.51. The summed E-state index contributed by atoms with van der Waals surface area (Å²) in [5, 5.41) is 2.30. The molecule has 1 unspecified atom stereocenters. The summed E-state index contributed by atoms with van der Waals surface area (Å²) >= 11 is 5.02. The van der Waals surface area contributed by atoms with Crippen molar-refractivity contribution in [2.45, 2.75) is 6.42 Å². The van der Waals surface area contributed by atoms with Gasteiger partial charge in [0.1, 0.15) is 5.82 Å². The van der Waals surface area contributed by atoms with Gasteiger partial charge in [0.25, 0.3) is 5.91 Å². The number of hydrogen-bond donors (Lipinski definition) is 2. The van der Waals surface area contributed by atoms with Gasteiger partial charge in [-0.2, -0.15) is 0 Å². The maximum Gasteiger partial charge on any atom is 0.251 e. The molecular weight excluding hydrogens is 331 g/mol. The molecule has 8 heteroatoms. The van der Waals surface area contributed by atoms with Crippen molar-refractivity contribution in [2.24, 2.45) is 10.9 Å². The molecule has 2 amide bonds.